The number of fused-ring (bicyclic) bond motifs is 1. The first kappa shape index (κ1) is 15.8. The Labute approximate surface area is 138 Å². The highest BCUT2D eigenvalue weighted by molar-refractivity contribution is 5.94. The number of rotatable bonds is 2. The average molecular weight is 321 g/mol. The molecule has 4 bridgehead atoms. The predicted molar refractivity (Wildman–Crippen MR) is 90.0 cm³/mol. The maximum absolute atomic E-state index is 12.9. The van der Waals surface area contributed by atoms with Gasteiger partial charge < -0.3 is 10.6 Å². The van der Waals surface area contributed by atoms with Crippen LogP contribution in [0.2, 0.25) is 0 Å². The molecule has 2 aliphatic carbocycles. The Hall–Kier alpha value is -1.06. The SMILES string of the molecule is Cl.NCc1ccc(C(=O)N2CC3CC4CC(C3)CC2C4)cc1. The standard InChI is InChI=1S/C18H24N2O.ClH/c19-10-12-1-3-16(4-2-12)18(21)20-11-15-6-13-5-14(7-15)9-17(20)8-13;/h1-4,13-15,17H,5-11,19H2;1H. The summed E-state index contributed by atoms with van der Waals surface area (Å²) >= 11 is 0. The normalized spacial score (nSPS) is 32.5. The van der Waals surface area contributed by atoms with E-state index in [0.717, 1.165) is 35.4 Å². The lowest BCUT2D eigenvalue weighted by Crippen LogP contribution is -2.42. The summed E-state index contributed by atoms with van der Waals surface area (Å²) in [7, 11) is 0. The first-order valence-electron chi connectivity index (χ1n) is 8.33. The number of carbonyl (C=O) groups excluding carboxylic acids is 1. The quantitative estimate of drug-likeness (QED) is 0.909. The number of hydrogen-bond acceptors (Lipinski definition) is 2. The van der Waals surface area contributed by atoms with E-state index in [4.69, 9.17) is 5.73 Å². The van der Waals surface area contributed by atoms with Crippen LogP contribution in [0.15, 0.2) is 24.3 Å². The molecule has 2 saturated heterocycles. The first-order valence-corrected chi connectivity index (χ1v) is 8.33. The minimum absolute atomic E-state index is 0. The van der Waals surface area contributed by atoms with E-state index < -0.39 is 0 Å². The van der Waals surface area contributed by atoms with Gasteiger partial charge in [0, 0.05) is 24.7 Å². The fourth-order valence-electron chi connectivity index (χ4n) is 4.98. The highest BCUT2D eigenvalue weighted by Gasteiger charge is 2.44. The molecular formula is C18H25ClN2O. The van der Waals surface area contributed by atoms with Gasteiger partial charge in [-0.3, -0.25) is 4.79 Å². The molecule has 1 amide bonds. The van der Waals surface area contributed by atoms with Gasteiger partial charge in [0.2, 0.25) is 0 Å². The van der Waals surface area contributed by atoms with Crippen molar-refractivity contribution in [2.24, 2.45) is 23.5 Å². The van der Waals surface area contributed by atoms with E-state index in [0.29, 0.717) is 12.6 Å². The largest absolute Gasteiger partial charge is 0.335 e. The van der Waals surface area contributed by atoms with E-state index in [1.54, 1.807) is 0 Å². The van der Waals surface area contributed by atoms with E-state index >= 15 is 0 Å². The van der Waals surface area contributed by atoms with Gasteiger partial charge in [0.1, 0.15) is 0 Å². The van der Waals surface area contributed by atoms with Crippen molar-refractivity contribution in [2.75, 3.05) is 6.54 Å². The summed E-state index contributed by atoms with van der Waals surface area (Å²) in [5.41, 5.74) is 7.55. The van der Waals surface area contributed by atoms with Gasteiger partial charge in [0.15, 0.2) is 0 Å². The van der Waals surface area contributed by atoms with Gasteiger partial charge in [-0.2, -0.15) is 0 Å². The van der Waals surface area contributed by atoms with Crippen LogP contribution in [0.4, 0.5) is 0 Å². The number of halogens is 1. The minimum atomic E-state index is 0. The highest BCUT2D eigenvalue weighted by Crippen LogP contribution is 2.47. The van der Waals surface area contributed by atoms with Crippen LogP contribution in [0, 0.1) is 17.8 Å². The number of nitrogens with two attached hydrogens (primary N) is 1. The van der Waals surface area contributed by atoms with E-state index in [-0.39, 0.29) is 18.3 Å². The maximum Gasteiger partial charge on any atom is 0.254 e. The molecule has 4 fully saturated rings. The molecule has 2 saturated carbocycles. The molecule has 22 heavy (non-hydrogen) atoms. The van der Waals surface area contributed by atoms with Crippen molar-refractivity contribution in [3.8, 4) is 0 Å². The molecule has 3 nitrogen and oxygen atoms in total. The van der Waals surface area contributed by atoms with E-state index in [9.17, 15) is 4.79 Å². The Morgan fingerprint density at radius 3 is 2.18 bits per heavy atom. The van der Waals surface area contributed by atoms with Crippen LogP contribution in [0.3, 0.4) is 0 Å². The molecule has 2 atom stereocenters. The third-order valence-electron chi connectivity index (χ3n) is 5.80. The van der Waals surface area contributed by atoms with Gasteiger partial charge in [-0.15, -0.1) is 12.4 Å². The van der Waals surface area contributed by atoms with Crippen LogP contribution in [0.1, 0.15) is 48.0 Å². The Balaban J connectivity index is 0.00000144. The van der Waals surface area contributed by atoms with Crippen molar-refractivity contribution >= 4 is 18.3 Å². The third kappa shape index (κ3) is 2.77. The summed E-state index contributed by atoms with van der Waals surface area (Å²) in [6, 6.07) is 8.34. The summed E-state index contributed by atoms with van der Waals surface area (Å²) in [6.07, 6.45) is 6.59. The summed E-state index contributed by atoms with van der Waals surface area (Å²) in [5, 5.41) is 0. The smallest absolute Gasteiger partial charge is 0.254 e. The molecular weight excluding hydrogens is 296 g/mol. The van der Waals surface area contributed by atoms with E-state index in [1.807, 2.05) is 24.3 Å². The van der Waals surface area contributed by atoms with Crippen molar-refractivity contribution in [3.05, 3.63) is 35.4 Å². The first-order chi connectivity index (χ1) is 10.2. The zero-order chi connectivity index (χ0) is 14.4. The van der Waals surface area contributed by atoms with Crippen molar-refractivity contribution in [1.29, 1.82) is 0 Å². The zero-order valence-corrected chi connectivity index (χ0v) is 13.7. The number of benzene rings is 1. The summed E-state index contributed by atoms with van der Waals surface area (Å²) in [4.78, 5) is 15.1. The lowest BCUT2D eigenvalue weighted by molar-refractivity contribution is 0.0632. The molecule has 1 aromatic rings. The van der Waals surface area contributed by atoms with Gasteiger partial charge in [-0.1, -0.05) is 12.1 Å². The second kappa shape index (κ2) is 6.21. The Morgan fingerprint density at radius 2 is 1.59 bits per heavy atom. The maximum atomic E-state index is 12.9. The van der Waals surface area contributed by atoms with Crippen LogP contribution < -0.4 is 5.73 Å². The fourth-order valence-corrected chi connectivity index (χ4v) is 4.98. The van der Waals surface area contributed by atoms with Crippen molar-refractivity contribution in [1.82, 2.24) is 4.90 Å². The molecule has 4 aliphatic rings. The van der Waals surface area contributed by atoms with E-state index in [1.165, 1.54) is 32.1 Å². The molecule has 0 spiro atoms. The minimum Gasteiger partial charge on any atom is -0.335 e. The Bertz CT molecular complexity index is 531. The Morgan fingerprint density at radius 1 is 1.00 bits per heavy atom. The van der Waals surface area contributed by atoms with Gasteiger partial charge >= 0.3 is 0 Å². The van der Waals surface area contributed by atoms with Crippen molar-refractivity contribution in [2.45, 2.75) is 44.7 Å². The average Bonchev–Trinajstić information content (AvgIpc) is 2.70. The van der Waals surface area contributed by atoms with Crippen LogP contribution in [-0.2, 0) is 6.54 Å². The molecule has 4 heteroatoms. The van der Waals surface area contributed by atoms with Crippen LogP contribution in [0.25, 0.3) is 0 Å². The number of hydrogen-bond donors (Lipinski definition) is 1. The van der Waals surface area contributed by atoms with Gasteiger partial charge in [-0.05, 0) is 67.6 Å². The Kier molecular flexibility index (Phi) is 4.47. The number of nitrogens with zero attached hydrogens (tertiary/aromatic N) is 1. The summed E-state index contributed by atoms with van der Waals surface area (Å²) in [6.45, 7) is 1.52. The summed E-state index contributed by atoms with van der Waals surface area (Å²) < 4.78 is 0. The molecule has 120 valence electrons. The molecule has 2 heterocycles. The number of amides is 1. The number of carbonyl (C=O) groups is 1. The molecule has 2 aliphatic heterocycles. The van der Waals surface area contributed by atoms with Gasteiger partial charge in [0.25, 0.3) is 5.91 Å². The van der Waals surface area contributed by atoms with Crippen LogP contribution in [-0.4, -0.2) is 23.4 Å². The lowest BCUT2D eigenvalue weighted by atomic mass is 9.68. The van der Waals surface area contributed by atoms with Crippen LogP contribution >= 0.6 is 12.4 Å². The van der Waals surface area contributed by atoms with Gasteiger partial charge in [0.05, 0.1) is 0 Å². The van der Waals surface area contributed by atoms with Gasteiger partial charge in [-0.25, -0.2) is 0 Å². The molecule has 1 aromatic carbocycles. The fraction of sp³-hybridized carbons (Fsp3) is 0.611. The summed E-state index contributed by atoms with van der Waals surface area (Å²) in [5.74, 6) is 2.74. The monoisotopic (exact) mass is 320 g/mol. The molecule has 0 aromatic heterocycles. The van der Waals surface area contributed by atoms with Crippen LogP contribution in [0.5, 0.6) is 0 Å². The molecule has 2 N–H and O–H groups in total. The third-order valence-corrected chi connectivity index (χ3v) is 5.80. The topological polar surface area (TPSA) is 46.3 Å². The zero-order valence-electron chi connectivity index (χ0n) is 12.9. The van der Waals surface area contributed by atoms with E-state index in [2.05, 4.69) is 4.90 Å². The van der Waals surface area contributed by atoms with Crippen molar-refractivity contribution < 1.29 is 4.79 Å². The second-order valence-corrected chi connectivity index (χ2v) is 7.29. The molecule has 2 unspecified atom stereocenters. The second-order valence-electron chi connectivity index (χ2n) is 7.29. The predicted octanol–water partition coefficient (Wildman–Crippen LogP) is 3.22. The van der Waals surface area contributed by atoms with Crippen molar-refractivity contribution in [3.63, 3.8) is 0 Å². The lowest BCUT2D eigenvalue weighted by Gasteiger charge is -2.39. The highest BCUT2D eigenvalue weighted by atomic mass is 35.5. The molecule has 5 rings (SSSR count). The molecule has 0 radical (unpaired) electrons.